The minimum Gasteiger partial charge on any atom is -0.376 e. The van der Waals surface area contributed by atoms with E-state index in [1.165, 1.54) is 4.88 Å². The molecule has 2 rings (SSSR count). The van der Waals surface area contributed by atoms with Crippen molar-refractivity contribution in [1.29, 1.82) is 0 Å². The van der Waals surface area contributed by atoms with Crippen LogP contribution in [0.5, 0.6) is 0 Å². The van der Waals surface area contributed by atoms with E-state index in [2.05, 4.69) is 39.6 Å². The first-order valence-electron chi connectivity index (χ1n) is 5.48. The molecule has 1 N–H and O–H groups in total. The molecule has 0 amide bonds. The number of thiophene rings is 1. The Morgan fingerprint density at radius 3 is 3.06 bits per heavy atom. The minimum atomic E-state index is 0.114. The van der Waals surface area contributed by atoms with E-state index in [0.717, 1.165) is 11.0 Å². The van der Waals surface area contributed by atoms with Gasteiger partial charge in [-0.25, -0.2) is 0 Å². The number of nitrogens with one attached hydrogen (secondary N) is 1. The number of likely N-dealkylation sites (N-methyl/N-ethyl adjacent to an activating group) is 1. The van der Waals surface area contributed by atoms with Crippen LogP contribution in [0.25, 0.3) is 0 Å². The van der Waals surface area contributed by atoms with E-state index in [1.54, 1.807) is 11.3 Å². The van der Waals surface area contributed by atoms with Crippen LogP contribution in [-0.2, 0) is 9.47 Å². The van der Waals surface area contributed by atoms with Gasteiger partial charge in [0.2, 0.25) is 0 Å². The van der Waals surface area contributed by atoms with E-state index in [0.29, 0.717) is 19.8 Å². The first-order chi connectivity index (χ1) is 7.83. The van der Waals surface area contributed by atoms with Crippen LogP contribution in [0.4, 0.5) is 0 Å². The molecule has 1 aromatic heterocycles. The van der Waals surface area contributed by atoms with Crippen molar-refractivity contribution in [2.24, 2.45) is 0 Å². The van der Waals surface area contributed by atoms with Crippen molar-refractivity contribution in [2.75, 3.05) is 26.4 Å². The van der Waals surface area contributed by atoms with Crippen LogP contribution in [0.15, 0.2) is 15.9 Å². The van der Waals surface area contributed by atoms with Gasteiger partial charge in [0.05, 0.1) is 25.9 Å². The van der Waals surface area contributed by atoms with Crippen molar-refractivity contribution in [3.05, 3.63) is 20.8 Å². The lowest BCUT2D eigenvalue weighted by atomic mass is 10.1. The summed E-state index contributed by atoms with van der Waals surface area (Å²) in [6.45, 7) is 5.10. The van der Waals surface area contributed by atoms with E-state index in [1.807, 2.05) is 0 Å². The summed E-state index contributed by atoms with van der Waals surface area (Å²) in [5.74, 6) is 0. The Kier molecular flexibility index (Phi) is 4.79. The lowest BCUT2D eigenvalue weighted by molar-refractivity contribution is -0.102. The molecule has 16 heavy (non-hydrogen) atoms. The Labute approximate surface area is 108 Å². The molecule has 1 aromatic rings. The van der Waals surface area contributed by atoms with Crippen LogP contribution in [0.1, 0.15) is 17.8 Å². The van der Waals surface area contributed by atoms with Gasteiger partial charge in [-0.3, -0.25) is 0 Å². The van der Waals surface area contributed by atoms with E-state index < -0.39 is 0 Å². The maximum atomic E-state index is 5.77. The molecule has 1 fully saturated rings. The van der Waals surface area contributed by atoms with Crippen molar-refractivity contribution in [2.45, 2.75) is 19.1 Å². The van der Waals surface area contributed by atoms with E-state index in [-0.39, 0.29) is 12.1 Å². The number of hydrogen-bond donors (Lipinski definition) is 1. The Morgan fingerprint density at radius 2 is 2.50 bits per heavy atom. The van der Waals surface area contributed by atoms with Crippen molar-refractivity contribution >= 4 is 27.3 Å². The smallest absolute Gasteiger partial charge is 0.101 e. The van der Waals surface area contributed by atoms with Gasteiger partial charge < -0.3 is 14.8 Å². The lowest BCUT2D eigenvalue weighted by Crippen LogP contribution is -2.40. The molecule has 0 spiro atoms. The average molecular weight is 306 g/mol. The fraction of sp³-hybridized carbons (Fsp3) is 0.636. The molecule has 1 saturated heterocycles. The summed E-state index contributed by atoms with van der Waals surface area (Å²) in [7, 11) is 0. The molecular weight excluding hydrogens is 290 g/mol. The molecule has 0 aromatic carbocycles. The zero-order valence-electron chi connectivity index (χ0n) is 9.24. The number of halogens is 1. The SMILES string of the molecule is CCNC(c1sccc1Br)C1COCCO1. The maximum Gasteiger partial charge on any atom is 0.101 e. The Morgan fingerprint density at radius 1 is 1.62 bits per heavy atom. The van der Waals surface area contributed by atoms with Crippen LogP contribution in [0.2, 0.25) is 0 Å². The van der Waals surface area contributed by atoms with E-state index in [9.17, 15) is 0 Å². The fourth-order valence-electron chi connectivity index (χ4n) is 1.84. The van der Waals surface area contributed by atoms with Crippen LogP contribution >= 0.6 is 27.3 Å². The number of hydrogen-bond acceptors (Lipinski definition) is 4. The predicted octanol–water partition coefficient (Wildman–Crippen LogP) is 2.58. The predicted molar refractivity (Wildman–Crippen MR) is 69.0 cm³/mol. The quantitative estimate of drug-likeness (QED) is 0.927. The Hall–Kier alpha value is 0.0600. The Balaban J connectivity index is 2.12. The van der Waals surface area contributed by atoms with Gasteiger partial charge in [0.1, 0.15) is 6.10 Å². The zero-order valence-corrected chi connectivity index (χ0v) is 11.6. The number of rotatable bonds is 4. The van der Waals surface area contributed by atoms with Crippen LogP contribution in [0, 0.1) is 0 Å². The summed E-state index contributed by atoms with van der Waals surface area (Å²) in [4.78, 5) is 1.29. The van der Waals surface area contributed by atoms with Gasteiger partial charge in [-0.05, 0) is 33.9 Å². The highest BCUT2D eigenvalue weighted by Gasteiger charge is 2.28. The van der Waals surface area contributed by atoms with E-state index in [4.69, 9.17) is 9.47 Å². The third-order valence-electron chi connectivity index (χ3n) is 2.56. The highest BCUT2D eigenvalue weighted by atomic mass is 79.9. The normalized spacial score (nSPS) is 23.2. The largest absolute Gasteiger partial charge is 0.376 e. The van der Waals surface area contributed by atoms with Crippen LogP contribution in [0.3, 0.4) is 0 Å². The summed E-state index contributed by atoms with van der Waals surface area (Å²) in [6.07, 6.45) is 0.114. The third-order valence-corrected chi connectivity index (χ3v) is 4.52. The highest BCUT2D eigenvalue weighted by molar-refractivity contribution is 9.10. The molecule has 0 bridgehead atoms. The summed E-state index contributed by atoms with van der Waals surface area (Å²) in [6, 6.07) is 2.30. The molecule has 1 aliphatic rings. The van der Waals surface area contributed by atoms with Gasteiger partial charge in [0.25, 0.3) is 0 Å². The van der Waals surface area contributed by atoms with Crippen LogP contribution < -0.4 is 5.32 Å². The standard InChI is InChI=1S/C11H16BrNO2S/c1-2-13-10(9-7-14-4-5-15-9)11-8(12)3-6-16-11/h3,6,9-10,13H,2,4-5,7H2,1H3. The first kappa shape index (κ1) is 12.5. The molecule has 3 nitrogen and oxygen atoms in total. The first-order valence-corrected chi connectivity index (χ1v) is 7.15. The van der Waals surface area contributed by atoms with Crippen LogP contribution in [-0.4, -0.2) is 32.5 Å². The molecule has 0 radical (unpaired) electrons. The zero-order chi connectivity index (χ0) is 11.4. The third kappa shape index (κ3) is 2.84. The molecule has 2 unspecified atom stereocenters. The second kappa shape index (κ2) is 6.12. The maximum absolute atomic E-state index is 5.77. The topological polar surface area (TPSA) is 30.5 Å². The fourth-order valence-corrected chi connectivity index (χ4v) is 3.59. The number of ether oxygens (including phenoxy) is 2. The molecule has 0 saturated carbocycles. The van der Waals surface area contributed by atoms with Crippen molar-refractivity contribution in [3.63, 3.8) is 0 Å². The van der Waals surface area contributed by atoms with Crippen molar-refractivity contribution in [3.8, 4) is 0 Å². The van der Waals surface area contributed by atoms with Gasteiger partial charge in [-0.2, -0.15) is 0 Å². The van der Waals surface area contributed by atoms with Gasteiger partial charge in [0.15, 0.2) is 0 Å². The van der Waals surface area contributed by atoms with Gasteiger partial charge in [-0.15, -0.1) is 11.3 Å². The molecule has 1 aliphatic heterocycles. The summed E-state index contributed by atoms with van der Waals surface area (Å²) in [5.41, 5.74) is 0. The average Bonchev–Trinajstić information content (AvgIpc) is 2.73. The molecule has 0 aliphatic carbocycles. The lowest BCUT2D eigenvalue weighted by Gasteiger charge is -2.30. The second-order valence-electron chi connectivity index (χ2n) is 3.65. The monoisotopic (exact) mass is 305 g/mol. The van der Waals surface area contributed by atoms with Crippen molar-refractivity contribution in [1.82, 2.24) is 5.32 Å². The molecule has 2 heterocycles. The summed E-state index contributed by atoms with van der Waals surface area (Å²) >= 11 is 5.32. The van der Waals surface area contributed by atoms with E-state index >= 15 is 0 Å². The highest BCUT2D eigenvalue weighted by Crippen LogP contribution is 2.32. The van der Waals surface area contributed by atoms with Crippen molar-refractivity contribution < 1.29 is 9.47 Å². The van der Waals surface area contributed by atoms with Gasteiger partial charge >= 0.3 is 0 Å². The Bertz CT molecular complexity index is 326. The molecular formula is C11H16BrNO2S. The van der Waals surface area contributed by atoms with Gasteiger partial charge in [0, 0.05) is 9.35 Å². The molecule has 5 heteroatoms. The molecule has 2 atom stereocenters. The minimum absolute atomic E-state index is 0.114. The van der Waals surface area contributed by atoms with Gasteiger partial charge in [-0.1, -0.05) is 6.92 Å². The summed E-state index contributed by atoms with van der Waals surface area (Å²) in [5, 5.41) is 5.56. The molecule has 90 valence electrons. The second-order valence-corrected chi connectivity index (χ2v) is 5.45. The summed E-state index contributed by atoms with van der Waals surface area (Å²) < 4.78 is 12.4.